The molecule has 0 radical (unpaired) electrons. The molecule has 1 aliphatic heterocycles. The van der Waals surface area contributed by atoms with Crippen LogP contribution in [0.3, 0.4) is 0 Å². The van der Waals surface area contributed by atoms with Gasteiger partial charge < -0.3 is 14.6 Å². The first kappa shape index (κ1) is 18.2. The Morgan fingerprint density at radius 3 is 2.50 bits per heavy atom. The van der Waals surface area contributed by atoms with E-state index in [1.807, 2.05) is 29.2 Å². The van der Waals surface area contributed by atoms with Crippen LogP contribution in [-0.4, -0.2) is 54.3 Å². The summed E-state index contributed by atoms with van der Waals surface area (Å²) in [7, 11) is 0. The Hall–Kier alpha value is -2.60. The topological polar surface area (TPSA) is 65.8 Å². The number of aryl methyl sites for hydroxylation is 2. The molecular formula is C20H25N3O3. The summed E-state index contributed by atoms with van der Waals surface area (Å²) < 4.78 is 5.21. The number of piperazine rings is 1. The molecule has 1 fully saturated rings. The van der Waals surface area contributed by atoms with Crippen LogP contribution >= 0.6 is 0 Å². The quantitative estimate of drug-likeness (QED) is 0.895. The van der Waals surface area contributed by atoms with Gasteiger partial charge in [0.1, 0.15) is 5.76 Å². The van der Waals surface area contributed by atoms with Crippen molar-refractivity contribution < 1.29 is 14.0 Å². The van der Waals surface area contributed by atoms with Crippen LogP contribution in [0.5, 0.6) is 0 Å². The van der Waals surface area contributed by atoms with Gasteiger partial charge in [0.25, 0.3) is 5.91 Å². The molecular weight excluding hydrogens is 330 g/mol. The summed E-state index contributed by atoms with van der Waals surface area (Å²) in [6, 6.07) is 9.57. The first-order valence-electron chi connectivity index (χ1n) is 9.02. The van der Waals surface area contributed by atoms with E-state index >= 15 is 0 Å². The van der Waals surface area contributed by atoms with E-state index in [2.05, 4.69) is 17.1 Å². The van der Waals surface area contributed by atoms with E-state index in [9.17, 15) is 9.59 Å². The molecule has 138 valence electrons. The summed E-state index contributed by atoms with van der Waals surface area (Å²) in [5.74, 6) is 0.625. The van der Waals surface area contributed by atoms with E-state index in [0.717, 1.165) is 17.7 Å². The smallest absolute Gasteiger partial charge is 0.257 e. The van der Waals surface area contributed by atoms with Gasteiger partial charge in [0, 0.05) is 31.9 Å². The second-order valence-corrected chi connectivity index (χ2v) is 6.52. The predicted octanol–water partition coefficient (Wildman–Crippen LogP) is 2.55. The number of anilines is 1. The molecule has 2 heterocycles. The molecule has 0 unspecified atom stereocenters. The van der Waals surface area contributed by atoms with E-state index in [1.54, 1.807) is 13.0 Å². The number of hydrogen-bond acceptors (Lipinski definition) is 4. The number of nitrogens with one attached hydrogen (secondary N) is 1. The third kappa shape index (κ3) is 4.14. The number of furan rings is 1. The molecule has 3 rings (SSSR count). The van der Waals surface area contributed by atoms with Crippen molar-refractivity contribution in [1.82, 2.24) is 9.80 Å². The van der Waals surface area contributed by atoms with Crippen LogP contribution in [0.25, 0.3) is 0 Å². The van der Waals surface area contributed by atoms with Crippen molar-refractivity contribution in [2.45, 2.75) is 20.3 Å². The van der Waals surface area contributed by atoms with Gasteiger partial charge in [-0.1, -0.05) is 25.1 Å². The molecule has 0 atom stereocenters. The van der Waals surface area contributed by atoms with E-state index in [4.69, 9.17) is 4.42 Å². The maximum Gasteiger partial charge on any atom is 0.257 e. The van der Waals surface area contributed by atoms with Crippen molar-refractivity contribution in [2.24, 2.45) is 0 Å². The lowest BCUT2D eigenvalue weighted by Crippen LogP contribution is -2.50. The summed E-state index contributed by atoms with van der Waals surface area (Å²) in [6.07, 6.45) is 2.42. The Morgan fingerprint density at radius 1 is 1.12 bits per heavy atom. The molecule has 1 saturated heterocycles. The summed E-state index contributed by atoms with van der Waals surface area (Å²) in [6.45, 7) is 6.80. The average Bonchev–Trinajstić information content (AvgIpc) is 3.08. The zero-order valence-corrected chi connectivity index (χ0v) is 15.3. The van der Waals surface area contributed by atoms with Gasteiger partial charge in [-0.25, -0.2) is 0 Å². The molecule has 0 saturated carbocycles. The lowest BCUT2D eigenvalue weighted by Gasteiger charge is -2.34. The van der Waals surface area contributed by atoms with Crippen molar-refractivity contribution in [3.05, 3.63) is 53.5 Å². The second-order valence-electron chi connectivity index (χ2n) is 6.52. The lowest BCUT2D eigenvalue weighted by atomic mass is 10.1. The molecule has 0 bridgehead atoms. The molecule has 2 amide bonds. The Bertz CT molecular complexity index is 776. The van der Waals surface area contributed by atoms with Gasteiger partial charge >= 0.3 is 0 Å². The summed E-state index contributed by atoms with van der Waals surface area (Å²) in [5.41, 5.74) is 2.63. The maximum atomic E-state index is 12.5. The molecule has 26 heavy (non-hydrogen) atoms. The van der Waals surface area contributed by atoms with Crippen LogP contribution in [0.15, 0.2) is 41.0 Å². The van der Waals surface area contributed by atoms with Crippen molar-refractivity contribution >= 4 is 17.5 Å². The molecule has 0 spiro atoms. The highest BCUT2D eigenvalue weighted by atomic mass is 16.3. The Morgan fingerprint density at radius 2 is 1.85 bits per heavy atom. The fourth-order valence-electron chi connectivity index (χ4n) is 3.23. The number of carbonyl (C=O) groups is 2. The maximum absolute atomic E-state index is 12.5. The minimum absolute atomic E-state index is 0.00257. The number of carbonyl (C=O) groups excluding carboxylic acids is 2. The van der Waals surface area contributed by atoms with Gasteiger partial charge in [0.05, 0.1) is 18.4 Å². The molecule has 1 aromatic carbocycles. The van der Waals surface area contributed by atoms with Crippen molar-refractivity contribution in [3.63, 3.8) is 0 Å². The normalized spacial score (nSPS) is 15.1. The number of benzene rings is 1. The van der Waals surface area contributed by atoms with E-state index in [-0.39, 0.29) is 11.8 Å². The van der Waals surface area contributed by atoms with Gasteiger partial charge in [0.15, 0.2) is 0 Å². The van der Waals surface area contributed by atoms with Crippen molar-refractivity contribution in [2.75, 3.05) is 38.0 Å². The van der Waals surface area contributed by atoms with Crippen LogP contribution in [0, 0.1) is 6.92 Å². The second kappa shape index (κ2) is 8.19. The van der Waals surface area contributed by atoms with Gasteiger partial charge in [-0.3, -0.25) is 14.5 Å². The van der Waals surface area contributed by atoms with Crippen molar-refractivity contribution in [3.8, 4) is 0 Å². The van der Waals surface area contributed by atoms with Gasteiger partial charge in [-0.2, -0.15) is 0 Å². The van der Waals surface area contributed by atoms with Crippen LogP contribution in [0.1, 0.15) is 28.6 Å². The fraction of sp³-hybridized carbons (Fsp3) is 0.400. The Labute approximate surface area is 153 Å². The molecule has 6 heteroatoms. The van der Waals surface area contributed by atoms with Crippen LogP contribution in [-0.2, 0) is 11.2 Å². The number of rotatable bonds is 5. The highest BCUT2D eigenvalue weighted by Crippen LogP contribution is 2.16. The van der Waals surface area contributed by atoms with E-state index in [0.29, 0.717) is 44.0 Å². The van der Waals surface area contributed by atoms with Crippen LogP contribution in [0.2, 0.25) is 0 Å². The molecule has 1 aliphatic rings. The molecule has 1 N–H and O–H groups in total. The standard InChI is InChI=1S/C20H25N3O3/c1-3-16-6-4-5-7-18(16)21-19(24)14-22-9-11-23(12-10-22)20(25)17-8-13-26-15(17)2/h4-8,13H,3,9-12,14H2,1-2H3,(H,21,24). The molecule has 0 aliphatic carbocycles. The van der Waals surface area contributed by atoms with E-state index in [1.165, 1.54) is 6.26 Å². The first-order chi connectivity index (χ1) is 12.6. The minimum Gasteiger partial charge on any atom is -0.469 e. The molecule has 1 aromatic heterocycles. The zero-order chi connectivity index (χ0) is 18.5. The number of nitrogens with zero attached hydrogens (tertiary/aromatic N) is 2. The zero-order valence-electron chi connectivity index (χ0n) is 15.3. The van der Waals surface area contributed by atoms with E-state index < -0.39 is 0 Å². The summed E-state index contributed by atoms with van der Waals surface area (Å²) in [5, 5.41) is 3.00. The fourth-order valence-corrected chi connectivity index (χ4v) is 3.23. The van der Waals surface area contributed by atoms with Gasteiger partial charge in [-0.15, -0.1) is 0 Å². The highest BCUT2D eigenvalue weighted by Gasteiger charge is 2.25. The van der Waals surface area contributed by atoms with Gasteiger partial charge in [-0.05, 0) is 31.0 Å². The average molecular weight is 355 g/mol. The minimum atomic E-state index is -0.0173. The van der Waals surface area contributed by atoms with Gasteiger partial charge in [0.2, 0.25) is 5.91 Å². The number of para-hydroxylation sites is 1. The highest BCUT2D eigenvalue weighted by molar-refractivity contribution is 5.95. The lowest BCUT2D eigenvalue weighted by molar-refractivity contribution is -0.117. The number of hydrogen-bond donors (Lipinski definition) is 1. The predicted molar refractivity (Wildman–Crippen MR) is 100 cm³/mol. The Balaban J connectivity index is 1.50. The van der Waals surface area contributed by atoms with Crippen LogP contribution < -0.4 is 5.32 Å². The monoisotopic (exact) mass is 355 g/mol. The molecule has 6 nitrogen and oxygen atoms in total. The Kier molecular flexibility index (Phi) is 5.73. The van der Waals surface area contributed by atoms with Crippen molar-refractivity contribution in [1.29, 1.82) is 0 Å². The largest absolute Gasteiger partial charge is 0.469 e. The third-order valence-electron chi connectivity index (χ3n) is 4.79. The SMILES string of the molecule is CCc1ccccc1NC(=O)CN1CCN(C(=O)c2ccoc2C)CC1. The molecule has 2 aromatic rings. The third-order valence-corrected chi connectivity index (χ3v) is 4.79. The summed E-state index contributed by atoms with van der Waals surface area (Å²) >= 11 is 0. The summed E-state index contributed by atoms with van der Waals surface area (Å²) in [4.78, 5) is 28.7. The van der Waals surface area contributed by atoms with Crippen LogP contribution in [0.4, 0.5) is 5.69 Å². The first-order valence-corrected chi connectivity index (χ1v) is 9.02. The number of amides is 2.